The average molecular weight is 131 g/mol. The Kier molecular flexibility index (Phi) is 2.21. The molecule has 0 saturated heterocycles. The molecule has 1 N–H and O–H groups in total. The Morgan fingerprint density at radius 2 is 1.88 bits per heavy atom. The number of rotatable bonds is 2. The molecule has 0 aliphatic rings. The average Bonchev–Trinajstić information content (AvgIpc) is 1.21. The van der Waals surface area contributed by atoms with Crippen molar-refractivity contribution < 1.29 is 9.90 Å². The van der Waals surface area contributed by atoms with E-state index in [1.807, 2.05) is 19.6 Å². The van der Waals surface area contributed by atoms with Crippen molar-refractivity contribution in [2.45, 2.75) is 19.6 Å². The molecule has 0 aromatic carbocycles. The molecule has 0 aromatic heterocycles. The van der Waals surface area contributed by atoms with E-state index >= 15 is 0 Å². The van der Waals surface area contributed by atoms with Crippen molar-refractivity contribution in [2.24, 2.45) is 0 Å². The summed E-state index contributed by atoms with van der Waals surface area (Å²) in [5, 5.41) is 8.23. The van der Waals surface area contributed by atoms with Crippen LogP contribution in [0.25, 0.3) is 0 Å². The molecule has 0 rings (SSSR count). The fraction of sp³-hybridized carbons (Fsp3) is 0.600. The standard InChI is InChI=1S/C5H11O2Si/c1-8(2,3)4-5(6)7/h4H,1-3H3,(H,6,7). The van der Waals surface area contributed by atoms with Gasteiger partial charge in [-0.25, -0.2) is 0 Å². The van der Waals surface area contributed by atoms with Crippen LogP contribution in [0, 0.1) is 6.04 Å². The Bertz CT molecular complexity index is 93.1. The summed E-state index contributed by atoms with van der Waals surface area (Å²) in [7, 11) is -1.44. The third-order valence-corrected chi connectivity index (χ3v) is 1.67. The lowest BCUT2D eigenvalue weighted by atomic mass is 10.8. The summed E-state index contributed by atoms with van der Waals surface area (Å²) in [6.45, 7) is 5.96. The van der Waals surface area contributed by atoms with Crippen LogP contribution in [0.1, 0.15) is 0 Å². The highest BCUT2D eigenvalue weighted by molar-refractivity contribution is 6.82. The number of carbonyl (C=O) groups is 1. The lowest BCUT2D eigenvalue weighted by Gasteiger charge is -2.09. The summed E-state index contributed by atoms with van der Waals surface area (Å²) in [6.07, 6.45) is 0. The maximum absolute atomic E-state index is 9.99. The fourth-order valence-electron chi connectivity index (χ4n) is 0.370. The van der Waals surface area contributed by atoms with Crippen LogP contribution in [0.2, 0.25) is 19.6 Å². The number of aliphatic carboxylic acids is 1. The van der Waals surface area contributed by atoms with Crippen molar-refractivity contribution in [3.8, 4) is 0 Å². The van der Waals surface area contributed by atoms with Gasteiger partial charge in [-0.15, -0.1) is 0 Å². The lowest BCUT2D eigenvalue weighted by Crippen LogP contribution is -2.25. The van der Waals surface area contributed by atoms with Crippen LogP contribution in [0.3, 0.4) is 0 Å². The highest BCUT2D eigenvalue weighted by Crippen LogP contribution is 2.03. The second-order valence-corrected chi connectivity index (χ2v) is 7.87. The first-order valence-corrected chi connectivity index (χ1v) is 6.08. The van der Waals surface area contributed by atoms with E-state index in [1.54, 1.807) is 0 Å². The molecule has 0 aliphatic heterocycles. The number of hydrogen-bond donors (Lipinski definition) is 1. The Balaban J connectivity index is 3.55. The van der Waals surface area contributed by atoms with Crippen molar-refractivity contribution in [3.05, 3.63) is 6.04 Å². The van der Waals surface area contributed by atoms with E-state index in [2.05, 4.69) is 0 Å². The predicted molar refractivity (Wildman–Crippen MR) is 35.3 cm³/mol. The quantitative estimate of drug-likeness (QED) is 0.571. The molecule has 1 radical (unpaired) electrons. The molecule has 8 heavy (non-hydrogen) atoms. The third-order valence-electron chi connectivity index (χ3n) is 0.556. The Morgan fingerprint density at radius 1 is 1.50 bits per heavy atom. The zero-order chi connectivity index (χ0) is 6.78. The van der Waals surface area contributed by atoms with Crippen molar-refractivity contribution in [3.63, 3.8) is 0 Å². The van der Waals surface area contributed by atoms with E-state index in [9.17, 15) is 4.79 Å². The zero-order valence-electron chi connectivity index (χ0n) is 5.43. The minimum Gasteiger partial charge on any atom is -0.481 e. The first kappa shape index (κ1) is 7.69. The largest absolute Gasteiger partial charge is 0.481 e. The maximum Gasteiger partial charge on any atom is 0.304 e. The number of carboxylic acids is 1. The van der Waals surface area contributed by atoms with Gasteiger partial charge in [0, 0.05) is 0 Å². The zero-order valence-corrected chi connectivity index (χ0v) is 6.43. The van der Waals surface area contributed by atoms with Crippen LogP contribution in [-0.4, -0.2) is 19.1 Å². The minimum atomic E-state index is -1.44. The molecule has 0 heterocycles. The van der Waals surface area contributed by atoms with Crippen molar-refractivity contribution in [1.82, 2.24) is 0 Å². The van der Waals surface area contributed by atoms with Crippen molar-refractivity contribution >= 4 is 14.0 Å². The van der Waals surface area contributed by atoms with Crippen molar-refractivity contribution in [2.75, 3.05) is 0 Å². The first-order valence-electron chi connectivity index (χ1n) is 2.51. The van der Waals surface area contributed by atoms with Crippen molar-refractivity contribution in [1.29, 1.82) is 0 Å². The topological polar surface area (TPSA) is 37.3 Å². The molecule has 0 saturated carbocycles. The van der Waals surface area contributed by atoms with E-state index in [0.29, 0.717) is 0 Å². The molecule has 0 amide bonds. The molecule has 0 aliphatic carbocycles. The number of carboxylic acid groups (broad SMARTS) is 1. The molecule has 3 heteroatoms. The van der Waals surface area contributed by atoms with Gasteiger partial charge in [0.05, 0.1) is 14.1 Å². The second-order valence-electron chi connectivity index (χ2n) is 2.85. The van der Waals surface area contributed by atoms with Gasteiger partial charge in [-0.1, -0.05) is 19.6 Å². The molecule has 0 fully saturated rings. The molecule has 0 atom stereocenters. The van der Waals surface area contributed by atoms with E-state index in [0.717, 1.165) is 0 Å². The predicted octanol–water partition coefficient (Wildman–Crippen LogP) is 1.15. The Hall–Kier alpha value is -0.313. The first-order chi connectivity index (χ1) is 3.42. The maximum atomic E-state index is 9.99. The van der Waals surface area contributed by atoms with E-state index in [1.165, 1.54) is 6.04 Å². The summed E-state index contributed by atoms with van der Waals surface area (Å²) in [5.74, 6) is -0.788. The smallest absolute Gasteiger partial charge is 0.304 e. The normalized spacial score (nSPS) is 11.4. The van der Waals surface area contributed by atoms with Crippen LogP contribution < -0.4 is 0 Å². The summed E-state index contributed by atoms with van der Waals surface area (Å²) >= 11 is 0. The second kappa shape index (κ2) is 2.30. The molecule has 0 unspecified atom stereocenters. The van der Waals surface area contributed by atoms with Crippen LogP contribution in [-0.2, 0) is 4.79 Å². The molecular formula is C5H11O2Si. The molecule has 47 valence electrons. The van der Waals surface area contributed by atoms with Gasteiger partial charge in [-0.05, 0) is 0 Å². The highest BCUT2D eigenvalue weighted by atomic mass is 28.3. The Labute approximate surface area is 50.5 Å². The van der Waals surface area contributed by atoms with Crippen LogP contribution in [0.5, 0.6) is 0 Å². The van der Waals surface area contributed by atoms with Gasteiger partial charge in [0.25, 0.3) is 0 Å². The highest BCUT2D eigenvalue weighted by Gasteiger charge is 2.17. The number of hydrogen-bond acceptors (Lipinski definition) is 1. The molecular weight excluding hydrogens is 120 g/mol. The van der Waals surface area contributed by atoms with Gasteiger partial charge >= 0.3 is 5.97 Å². The van der Waals surface area contributed by atoms with Gasteiger partial charge < -0.3 is 5.11 Å². The van der Waals surface area contributed by atoms with E-state index in [-0.39, 0.29) is 0 Å². The minimum absolute atomic E-state index is 0.788. The van der Waals surface area contributed by atoms with Crippen LogP contribution in [0.15, 0.2) is 0 Å². The summed E-state index contributed by atoms with van der Waals surface area (Å²) in [4.78, 5) is 9.99. The van der Waals surface area contributed by atoms with Crippen LogP contribution in [0.4, 0.5) is 0 Å². The molecule has 2 nitrogen and oxygen atoms in total. The molecule has 0 spiro atoms. The lowest BCUT2D eigenvalue weighted by molar-refractivity contribution is -0.132. The summed E-state index contributed by atoms with van der Waals surface area (Å²) in [6, 6.07) is 1.41. The summed E-state index contributed by atoms with van der Waals surface area (Å²) < 4.78 is 0. The van der Waals surface area contributed by atoms with Gasteiger partial charge in [0.2, 0.25) is 0 Å². The third kappa shape index (κ3) is 5.69. The molecule has 0 bridgehead atoms. The SMILES string of the molecule is C[Si](C)(C)[CH]C(=O)O. The van der Waals surface area contributed by atoms with Gasteiger partial charge in [0.15, 0.2) is 0 Å². The fourth-order valence-corrected chi connectivity index (χ4v) is 1.11. The monoisotopic (exact) mass is 131 g/mol. The van der Waals surface area contributed by atoms with E-state index < -0.39 is 14.0 Å². The molecule has 0 aromatic rings. The van der Waals surface area contributed by atoms with Crippen LogP contribution >= 0.6 is 0 Å². The van der Waals surface area contributed by atoms with E-state index in [4.69, 9.17) is 5.11 Å². The van der Waals surface area contributed by atoms with Gasteiger partial charge in [-0.3, -0.25) is 4.79 Å². The van der Waals surface area contributed by atoms with Gasteiger partial charge in [0.1, 0.15) is 0 Å². The van der Waals surface area contributed by atoms with Gasteiger partial charge in [-0.2, -0.15) is 0 Å². The summed E-state index contributed by atoms with van der Waals surface area (Å²) in [5.41, 5.74) is 0. The Morgan fingerprint density at radius 3 is 1.88 bits per heavy atom.